The summed E-state index contributed by atoms with van der Waals surface area (Å²) in [6.07, 6.45) is 3.59. The fourth-order valence-corrected chi connectivity index (χ4v) is 3.59. The van der Waals surface area contributed by atoms with E-state index in [1.807, 2.05) is 39.3 Å². The van der Waals surface area contributed by atoms with Crippen molar-refractivity contribution in [3.8, 4) is 28.5 Å². The Morgan fingerprint density at radius 3 is 2.75 bits per heavy atom. The number of hydrogen-bond donors (Lipinski definition) is 2. The highest BCUT2D eigenvalue weighted by Gasteiger charge is 2.18. The first-order valence-electron chi connectivity index (χ1n) is 8.87. The fourth-order valence-electron chi connectivity index (χ4n) is 3.59. The van der Waals surface area contributed by atoms with Gasteiger partial charge in [-0.2, -0.15) is 15.5 Å². The zero-order valence-corrected chi connectivity index (χ0v) is 15.8. The van der Waals surface area contributed by atoms with Crippen molar-refractivity contribution in [2.45, 2.75) is 13.5 Å². The van der Waals surface area contributed by atoms with Gasteiger partial charge in [0, 0.05) is 41.9 Å². The Labute approximate surface area is 161 Å². The Morgan fingerprint density at radius 1 is 1.29 bits per heavy atom. The molecular weight excluding hydrogens is 355 g/mol. The molecule has 2 N–H and O–H groups in total. The average Bonchev–Trinajstić information content (AvgIpc) is 3.26. The first-order chi connectivity index (χ1) is 13.5. The molecule has 0 saturated heterocycles. The van der Waals surface area contributed by atoms with Gasteiger partial charge in [0.25, 0.3) is 0 Å². The number of benzene rings is 2. The molecule has 0 radical (unpaired) electrons. The molecule has 2 aromatic carbocycles. The fraction of sp³-hybridized carbons (Fsp3) is 0.190. The van der Waals surface area contributed by atoms with E-state index in [-0.39, 0.29) is 5.82 Å². The number of rotatable bonds is 4. The number of aryl methyl sites for hydroxylation is 2. The molecule has 0 aliphatic carbocycles. The lowest BCUT2D eigenvalue weighted by Crippen LogP contribution is -2.06. The SMILES string of the molecule is CNCc1cc(C)c(-c2cc3c(-c4cnn(C)c4)n[nH]c3cc2C#N)c(F)c1. The lowest BCUT2D eigenvalue weighted by atomic mass is 9.92. The van der Waals surface area contributed by atoms with Crippen LogP contribution in [-0.4, -0.2) is 27.0 Å². The predicted molar refractivity (Wildman–Crippen MR) is 106 cm³/mol. The average molecular weight is 374 g/mol. The Balaban J connectivity index is 1.95. The summed E-state index contributed by atoms with van der Waals surface area (Å²) in [5.41, 5.74) is 5.35. The van der Waals surface area contributed by atoms with E-state index in [1.165, 1.54) is 6.07 Å². The minimum absolute atomic E-state index is 0.340. The van der Waals surface area contributed by atoms with Gasteiger partial charge in [-0.25, -0.2) is 4.39 Å². The minimum atomic E-state index is -0.340. The number of nitrogens with one attached hydrogen (secondary N) is 2. The molecule has 0 atom stereocenters. The molecule has 2 aromatic heterocycles. The summed E-state index contributed by atoms with van der Waals surface area (Å²) in [5, 5.41) is 25.0. The van der Waals surface area contributed by atoms with Crippen molar-refractivity contribution in [1.29, 1.82) is 5.26 Å². The second-order valence-corrected chi connectivity index (χ2v) is 6.83. The third-order valence-corrected chi connectivity index (χ3v) is 4.80. The Bertz CT molecular complexity index is 1200. The van der Waals surface area contributed by atoms with Crippen molar-refractivity contribution in [3.63, 3.8) is 0 Å². The summed E-state index contributed by atoms with van der Waals surface area (Å²) in [5.74, 6) is -0.340. The van der Waals surface area contributed by atoms with Crippen molar-refractivity contribution < 1.29 is 4.39 Å². The van der Waals surface area contributed by atoms with Crippen LogP contribution in [0, 0.1) is 24.1 Å². The molecule has 4 aromatic rings. The number of hydrogen-bond acceptors (Lipinski definition) is 4. The van der Waals surface area contributed by atoms with Crippen LogP contribution in [-0.2, 0) is 13.6 Å². The molecule has 4 rings (SSSR count). The van der Waals surface area contributed by atoms with Crippen LogP contribution < -0.4 is 5.32 Å². The monoisotopic (exact) mass is 374 g/mol. The Kier molecular flexibility index (Phi) is 4.41. The molecule has 2 heterocycles. The maximum absolute atomic E-state index is 15.0. The maximum Gasteiger partial charge on any atom is 0.131 e. The quantitative estimate of drug-likeness (QED) is 0.571. The number of halogens is 1. The van der Waals surface area contributed by atoms with E-state index in [1.54, 1.807) is 16.9 Å². The van der Waals surface area contributed by atoms with Gasteiger partial charge >= 0.3 is 0 Å². The first-order valence-corrected chi connectivity index (χ1v) is 8.87. The minimum Gasteiger partial charge on any atom is -0.316 e. The molecule has 0 aliphatic heterocycles. The van der Waals surface area contributed by atoms with E-state index in [2.05, 4.69) is 26.7 Å². The predicted octanol–water partition coefficient (Wildman–Crippen LogP) is 3.67. The number of H-pyrrole nitrogens is 1. The normalized spacial score (nSPS) is 11.1. The van der Waals surface area contributed by atoms with Crippen molar-refractivity contribution >= 4 is 10.9 Å². The Morgan fingerprint density at radius 2 is 2.11 bits per heavy atom. The molecule has 0 spiro atoms. The van der Waals surface area contributed by atoms with Crippen molar-refractivity contribution in [3.05, 3.63) is 59.2 Å². The van der Waals surface area contributed by atoms with Gasteiger partial charge in [-0.3, -0.25) is 9.78 Å². The second kappa shape index (κ2) is 6.91. The van der Waals surface area contributed by atoms with Gasteiger partial charge in [0.1, 0.15) is 11.5 Å². The van der Waals surface area contributed by atoms with E-state index in [4.69, 9.17) is 0 Å². The number of aromatic amines is 1. The van der Waals surface area contributed by atoms with E-state index in [0.29, 0.717) is 23.2 Å². The van der Waals surface area contributed by atoms with Crippen molar-refractivity contribution in [1.82, 2.24) is 25.3 Å². The van der Waals surface area contributed by atoms with Crippen LogP contribution in [0.4, 0.5) is 4.39 Å². The summed E-state index contributed by atoms with van der Waals surface area (Å²) in [4.78, 5) is 0. The summed E-state index contributed by atoms with van der Waals surface area (Å²) in [7, 11) is 3.66. The third kappa shape index (κ3) is 2.94. The largest absolute Gasteiger partial charge is 0.316 e. The summed E-state index contributed by atoms with van der Waals surface area (Å²) >= 11 is 0. The van der Waals surface area contributed by atoms with E-state index in [9.17, 15) is 5.26 Å². The molecule has 0 bridgehead atoms. The molecule has 0 unspecified atom stereocenters. The van der Waals surface area contributed by atoms with Gasteiger partial charge in [-0.1, -0.05) is 6.07 Å². The maximum atomic E-state index is 15.0. The molecule has 6 nitrogen and oxygen atoms in total. The van der Waals surface area contributed by atoms with Crippen molar-refractivity contribution in [2.75, 3.05) is 7.05 Å². The van der Waals surface area contributed by atoms with Gasteiger partial charge in [0.15, 0.2) is 0 Å². The molecule has 0 saturated carbocycles. The van der Waals surface area contributed by atoms with Crippen LogP contribution >= 0.6 is 0 Å². The number of nitrogens with zero attached hydrogens (tertiary/aromatic N) is 4. The zero-order valence-electron chi connectivity index (χ0n) is 15.8. The van der Waals surface area contributed by atoms with Crippen LogP contribution in [0.5, 0.6) is 0 Å². The number of aromatic nitrogens is 4. The molecule has 28 heavy (non-hydrogen) atoms. The third-order valence-electron chi connectivity index (χ3n) is 4.80. The Hall–Kier alpha value is -3.50. The molecule has 0 aliphatic rings. The van der Waals surface area contributed by atoms with Crippen LogP contribution in [0.1, 0.15) is 16.7 Å². The molecular formula is C21H19FN6. The van der Waals surface area contributed by atoms with Crippen LogP contribution in [0.3, 0.4) is 0 Å². The van der Waals surface area contributed by atoms with Gasteiger partial charge < -0.3 is 5.32 Å². The number of nitriles is 1. The zero-order chi connectivity index (χ0) is 19.8. The van der Waals surface area contributed by atoms with Gasteiger partial charge in [0.2, 0.25) is 0 Å². The standard InChI is InChI=1S/C21H19FN6/c1-12-4-13(9-24-2)5-18(22)20(12)16-7-17-19(6-14(16)8-23)26-27-21(17)15-10-25-28(3)11-15/h4-7,10-11,24H,9H2,1-3H3,(H,26,27). The lowest BCUT2D eigenvalue weighted by Gasteiger charge is -2.12. The van der Waals surface area contributed by atoms with Crippen molar-refractivity contribution in [2.24, 2.45) is 7.05 Å². The smallest absolute Gasteiger partial charge is 0.131 e. The lowest BCUT2D eigenvalue weighted by molar-refractivity contribution is 0.626. The summed E-state index contributed by atoms with van der Waals surface area (Å²) < 4.78 is 16.7. The van der Waals surface area contributed by atoms with E-state index < -0.39 is 0 Å². The highest BCUT2D eigenvalue weighted by Crippen LogP contribution is 2.35. The van der Waals surface area contributed by atoms with Crippen LogP contribution in [0.15, 0.2) is 36.7 Å². The van der Waals surface area contributed by atoms with Gasteiger partial charge in [-0.05, 0) is 43.3 Å². The van der Waals surface area contributed by atoms with Gasteiger partial charge in [-0.15, -0.1) is 0 Å². The number of fused-ring (bicyclic) bond motifs is 1. The van der Waals surface area contributed by atoms with E-state index in [0.717, 1.165) is 33.3 Å². The summed E-state index contributed by atoms with van der Waals surface area (Å²) in [6, 6.07) is 9.20. The van der Waals surface area contributed by atoms with Gasteiger partial charge in [0.05, 0.1) is 23.3 Å². The molecule has 0 fully saturated rings. The second-order valence-electron chi connectivity index (χ2n) is 6.83. The highest BCUT2D eigenvalue weighted by molar-refractivity contribution is 5.97. The molecule has 0 amide bonds. The molecule has 140 valence electrons. The highest BCUT2D eigenvalue weighted by atomic mass is 19.1. The topological polar surface area (TPSA) is 82.3 Å². The molecule has 7 heteroatoms. The van der Waals surface area contributed by atoms with E-state index >= 15 is 4.39 Å². The first kappa shape index (κ1) is 17.9. The van der Waals surface area contributed by atoms with Crippen LogP contribution in [0.2, 0.25) is 0 Å². The summed E-state index contributed by atoms with van der Waals surface area (Å²) in [6.45, 7) is 2.44. The van der Waals surface area contributed by atoms with Crippen LogP contribution in [0.25, 0.3) is 33.3 Å².